The number of sulfone groups is 1. The maximum absolute atomic E-state index is 12.1. The lowest BCUT2D eigenvalue weighted by Gasteiger charge is -2.63. The van der Waals surface area contributed by atoms with Crippen molar-refractivity contribution in [1.82, 2.24) is 0 Å². The monoisotopic (exact) mass is 321 g/mol. The van der Waals surface area contributed by atoms with Gasteiger partial charge in [0.2, 0.25) is 0 Å². The van der Waals surface area contributed by atoms with Crippen LogP contribution in [0.3, 0.4) is 0 Å². The molecule has 1 saturated heterocycles. The highest BCUT2D eigenvalue weighted by molar-refractivity contribution is 7.91. The van der Waals surface area contributed by atoms with Gasteiger partial charge in [-0.2, -0.15) is 0 Å². The fraction of sp³-hybridized carbons (Fsp3) is 0.647. The highest BCUT2D eigenvalue weighted by atomic mass is 32.2. The number of rotatable bonds is 4. The van der Waals surface area contributed by atoms with Gasteiger partial charge in [0.15, 0.2) is 9.84 Å². The topological polar surface area (TPSA) is 55.4 Å². The van der Waals surface area contributed by atoms with Crippen LogP contribution in [0, 0.1) is 11.3 Å². The zero-order chi connectivity index (χ0) is 15.4. The van der Waals surface area contributed by atoms with Crippen LogP contribution in [-0.4, -0.2) is 32.9 Å². The van der Waals surface area contributed by atoms with Gasteiger partial charge in [-0.05, 0) is 37.5 Å². The van der Waals surface area contributed by atoms with E-state index in [9.17, 15) is 8.42 Å². The van der Waals surface area contributed by atoms with E-state index in [0.29, 0.717) is 28.4 Å². The molecule has 0 radical (unpaired) electrons. The zero-order valence-electron chi connectivity index (χ0n) is 12.9. The number of anilines is 1. The largest absolute Gasteiger partial charge is 0.381 e. The number of hydrogen-bond donors (Lipinski definition) is 1. The molecule has 2 saturated carbocycles. The number of hydrogen-bond acceptors (Lipinski definition) is 4. The van der Waals surface area contributed by atoms with Gasteiger partial charge < -0.3 is 10.1 Å². The fourth-order valence-corrected chi connectivity index (χ4v) is 5.51. The van der Waals surface area contributed by atoms with Gasteiger partial charge in [0, 0.05) is 29.7 Å². The van der Waals surface area contributed by atoms with E-state index in [-0.39, 0.29) is 5.75 Å². The quantitative estimate of drug-likeness (QED) is 0.926. The van der Waals surface area contributed by atoms with Crippen molar-refractivity contribution in [2.75, 3.05) is 17.7 Å². The molecule has 1 N–H and O–H groups in total. The summed E-state index contributed by atoms with van der Waals surface area (Å²) in [5.41, 5.74) is 1.23. The van der Waals surface area contributed by atoms with Crippen LogP contribution in [0.2, 0.25) is 0 Å². The predicted molar refractivity (Wildman–Crippen MR) is 85.7 cm³/mol. The van der Waals surface area contributed by atoms with Crippen molar-refractivity contribution >= 4 is 15.5 Å². The Bertz CT molecular complexity index is 681. The summed E-state index contributed by atoms with van der Waals surface area (Å²) in [5.74, 6) is 0.731. The molecule has 0 amide bonds. The van der Waals surface area contributed by atoms with Gasteiger partial charge in [-0.25, -0.2) is 8.42 Å². The highest BCUT2D eigenvalue weighted by Crippen LogP contribution is 2.63. The van der Waals surface area contributed by atoms with E-state index in [1.807, 2.05) is 12.1 Å². The van der Waals surface area contributed by atoms with E-state index >= 15 is 0 Å². The van der Waals surface area contributed by atoms with E-state index in [4.69, 9.17) is 4.74 Å². The Morgan fingerprint density at radius 3 is 2.86 bits per heavy atom. The summed E-state index contributed by atoms with van der Waals surface area (Å²) in [5, 5.41) is 3.63. The van der Waals surface area contributed by atoms with Crippen molar-refractivity contribution in [1.29, 1.82) is 0 Å². The number of ether oxygens (including phenoxy) is 1. The Labute approximate surface area is 132 Å². The van der Waals surface area contributed by atoms with Gasteiger partial charge in [-0.3, -0.25) is 0 Å². The lowest BCUT2D eigenvalue weighted by atomic mass is 9.46. The molecule has 4 nitrogen and oxygen atoms in total. The van der Waals surface area contributed by atoms with Crippen molar-refractivity contribution in [2.24, 2.45) is 11.3 Å². The zero-order valence-corrected chi connectivity index (χ0v) is 13.7. The lowest BCUT2D eigenvalue weighted by molar-refractivity contribution is -0.158. The molecule has 1 heterocycles. The molecule has 4 rings (SSSR count). The summed E-state index contributed by atoms with van der Waals surface area (Å²) in [7, 11) is -3.15. The first kappa shape index (κ1) is 14.5. The maximum atomic E-state index is 12.1. The summed E-state index contributed by atoms with van der Waals surface area (Å²) in [6.07, 6.45) is 5.31. The second kappa shape index (κ2) is 4.96. The van der Waals surface area contributed by atoms with Crippen LogP contribution >= 0.6 is 0 Å². The van der Waals surface area contributed by atoms with Crippen LogP contribution < -0.4 is 5.32 Å². The minimum absolute atomic E-state index is 0.141. The SMILES string of the molecule is CCS(=O)(=O)c1cccc(N[C@@H]2[C@H]3CCO[C@@H]3C23CCC3)c1. The average Bonchev–Trinajstić information content (AvgIpc) is 2.89. The van der Waals surface area contributed by atoms with Crippen LogP contribution in [0.15, 0.2) is 29.2 Å². The molecule has 2 aliphatic carbocycles. The predicted octanol–water partition coefficient (Wildman–Crippen LogP) is 2.85. The van der Waals surface area contributed by atoms with Crippen molar-refractivity contribution in [3.8, 4) is 0 Å². The molecule has 3 atom stereocenters. The lowest BCUT2D eigenvalue weighted by Crippen LogP contribution is -2.68. The molecule has 1 aromatic carbocycles. The van der Waals surface area contributed by atoms with Crippen LogP contribution in [0.4, 0.5) is 5.69 Å². The molecular weight excluding hydrogens is 298 g/mol. The molecule has 1 aliphatic heterocycles. The Hall–Kier alpha value is -1.07. The first-order valence-corrected chi connectivity index (χ1v) is 9.93. The van der Waals surface area contributed by atoms with Gasteiger partial charge in [-0.1, -0.05) is 19.4 Å². The molecular formula is C17H23NO3S. The van der Waals surface area contributed by atoms with Crippen LogP contribution in [0.5, 0.6) is 0 Å². The van der Waals surface area contributed by atoms with Crippen molar-refractivity contribution in [3.05, 3.63) is 24.3 Å². The smallest absolute Gasteiger partial charge is 0.178 e. The standard InChI is InChI=1S/C17H23NO3S/c1-2-22(19,20)13-6-3-5-12(11-13)18-15-14-7-10-21-16(14)17(15)8-4-9-17/h3,5-6,11,14-16,18H,2,4,7-10H2,1H3/t14-,15-,16+/m1/s1. The Morgan fingerprint density at radius 2 is 2.18 bits per heavy atom. The summed E-state index contributed by atoms with van der Waals surface area (Å²) >= 11 is 0. The van der Waals surface area contributed by atoms with Crippen molar-refractivity contribution in [2.45, 2.75) is 49.6 Å². The van der Waals surface area contributed by atoms with Gasteiger partial charge in [0.05, 0.1) is 16.8 Å². The summed E-state index contributed by atoms with van der Waals surface area (Å²) in [4.78, 5) is 0.418. The third-order valence-electron chi connectivity index (χ3n) is 5.93. The van der Waals surface area contributed by atoms with Crippen molar-refractivity contribution < 1.29 is 13.2 Å². The first-order valence-electron chi connectivity index (χ1n) is 8.28. The van der Waals surface area contributed by atoms with E-state index in [1.54, 1.807) is 19.1 Å². The normalized spacial score (nSPS) is 32.1. The second-order valence-electron chi connectivity index (χ2n) is 6.88. The number of nitrogens with one attached hydrogen (secondary N) is 1. The van der Waals surface area contributed by atoms with Crippen LogP contribution in [0.25, 0.3) is 0 Å². The Morgan fingerprint density at radius 1 is 1.36 bits per heavy atom. The third kappa shape index (κ3) is 1.95. The van der Waals surface area contributed by atoms with Crippen LogP contribution in [-0.2, 0) is 14.6 Å². The van der Waals surface area contributed by atoms with Crippen molar-refractivity contribution in [3.63, 3.8) is 0 Å². The summed E-state index contributed by atoms with van der Waals surface area (Å²) in [6.45, 7) is 2.56. The molecule has 3 aliphatic rings. The van der Waals surface area contributed by atoms with E-state index in [1.165, 1.54) is 19.3 Å². The molecule has 5 heteroatoms. The molecule has 0 aromatic heterocycles. The Balaban J connectivity index is 1.58. The van der Waals surface area contributed by atoms with E-state index in [2.05, 4.69) is 5.32 Å². The minimum Gasteiger partial charge on any atom is -0.381 e. The van der Waals surface area contributed by atoms with Crippen LogP contribution in [0.1, 0.15) is 32.6 Å². The first-order chi connectivity index (χ1) is 10.6. The summed E-state index contributed by atoms with van der Waals surface area (Å²) in [6, 6.07) is 7.72. The third-order valence-corrected chi connectivity index (χ3v) is 7.66. The van der Waals surface area contributed by atoms with E-state index in [0.717, 1.165) is 18.7 Å². The molecule has 0 unspecified atom stereocenters. The van der Waals surface area contributed by atoms with Gasteiger partial charge in [-0.15, -0.1) is 0 Å². The highest BCUT2D eigenvalue weighted by Gasteiger charge is 2.66. The molecule has 1 aromatic rings. The molecule has 1 spiro atoms. The minimum atomic E-state index is -3.15. The maximum Gasteiger partial charge on any atom is 0.178 e. The molecule has 22 heavy (non-hydrogen) atoms. The molecule has 3 fully saturated rings. The number of benzene rings is 1. The van der Waals surface area contributed by atoms with Gasteiger partial charge in [0.1, 0.15) is 0 Å². The Kier molecular flexibility index (Phi) is 3.28. The molecule has 0 bridgehead atoms. The summed E-state index contributed by atoms with van der Waals surface area (Å²) < 4.78 is 30.0. The van der Waals surface area contributed by atoms with Gasteiger partial charge in [0.25, 0.3) is 0 Å². The van der Waals surface area contributed by atoms with Gasteiger partial charge >= 0.3 is 0 Å². The number of fused-ring (bicyclic) bond motifs is 2. The second-order valence-corrected chi connectivity index (χ2v) is 9.16. The fourth-order valence-electron chi connectivity index (χ4n) is 4.58. The van der Waals surface area contributed by atoms with E-state index < -0.39 is 9.84 Å². The molecule has 120 valence electrons. The average molecular weight is 321 g/mol.